The Hall–Kier alpha value is -0.380. The van der Waals surface area contributed by atoms with Gasteiger partial charge in [-0.1, -0.05) is 13.8 Å². The fourth-order valence-corrected chi connectivity index (χ4v) is 2.30. The van der Waals surface area contributed by atoms with E-state index in [1.54, 1.807) is 11.3 Å². The van der Waals surface area contributed by atoms with E-state index in [4.69, 9.17) is 0 Å². The number of thiophene rings is 1. The summed E-state index contributed by atoms with van der Waals surface area (Å²) in [7, 11) is 0. The molecule has 1 rings (SSSR count). The Morgan fingerprint density at radius 1 is 1.53 bits per heavy atom. The van der Waals surface area contributed by atoms with Crippen molar-refractivity contribution >= 4 is 11.3 Å². The first kappa shape index (κ1) is 12.7. The van der Waals surface area contributed by atoms with Crippen LogP contribution in [0.1, 0.15) is 37.6 Å². The molecule has 0 aliphatic carbocycles. The maximum Gasteiger partial charge on any atom is 0.0888 e. The average Bonchev–Trinajstić information content (AvgIpc) is 2.51. The zero-order valence-corrected chi connectivity index (χ0v) is 10.8. The molecule has 0 aliphatic heterocycles. The van der Waals surface area contributed by atoms with Crippen LogP contribution in [0.4, 0.5) is 0 Å². The van der Waals surface area contributed by atoms with Gasteiger partial charge in [0.25, 0.3) is 0 Å². The van der Waals surface area contributed by atoms with Crippen LogP contribution in [0, 0.1) is 6.92 Å². The smallest absolute Gasteiger partial charge is 0.0888 e. The second-order valence-corrected chi connectivity index (χ2v) is 5.69. The monoisotopic (exact) mass is 227 g/mol. The highest BCUT2D eigenvalue weighted by atomic mass is 32.1. The molecule has 86 valence electrons. The van der Waals surface area contributed by atoms with Gasteiger partial charge in [0, 0.05) is 10.9 Å². The predicted octanol–water partition coefficient (Wildman–Crippen LogP) is 2.65. The van der Waals surface area contributed by atoms with E-state index in [0.717, 1.165) is 18.5 Å². The van der Waals surface area contributed by atoms with Crippen molar-refractivity contribution in [2.45, 2.75) is 45.8 Å². The van der Waals surface area contributed by atoms with Crippen molar-refractivity contribution in [2.75, 3.05) is 6.54 Å². The second kappa shape index (κ2) is 5.10. The molecule has 0 saturated carbocycles. The number of aliphatic hydroxyl groups is 1. The van der Waals surface area contributed by atoms with E-state index in [9.17, 15) is 5.11 Å². The van der Waals surface area contributed by atoms with Crippen LogP contribution in [0.5, 0.6) is 0 Å². The van der Waals surface area contributed by atoms with E-state index >= 15 is 0 Å². The third kappa shape index (κ3) is 3.93. The summed E-state index contributed by atoms with van der Waals surface area (Å²) in [4.78, 5) is 1.25. The summed E-state index contributed by atoms with van der Waals surface area (Å²) < 4.78 is 0. The Morgan fingerprint density at radius 2 is 2.20 bits per heavy atom. The third-order valence-electron chi connectivity index (χ3n) is 2.52. The Morgan fingerprint density at radius 3 is 2.67 bits per heavy atom. The van der Waals surface area contributed by atoms with E-state index in [2.05, 4.69) is 32.2 Å². The average molecular weight is 227 g/mol. The molecule has 1 heterocycles. The van der Waals surface area contributed by atoms with Crippen LogP contribution >= 0.6 is 11.3 Å². The number of hydrogen-bond donors (Lipinski definition) is 2. The minimum absolute atomic E-state index is 0.477. The van der Waals surface area contributed by atoms with Gasteiger partial charge in [-0.15, -0.1) is 11.3 Å². The van der Waals surface area contributed by atoms with Crippen molar-refractivity contribution in [1.29, 1.82) is 0 Å². The molecule has 0 aromatic carbocycles. The number of hydrogen-bond acceptors (Lipinski definition) is 3. The van der Waals surface area contributed by atoms with Crippen molar-refractivity contribution in [3.8, 4) is 0 Å². The molecular formula is C12H21NOS. The molecule has 0 spiro atoms. The van der Waals surface area contributed by atoms with Gasteiger partial charge >= 0.3 is 0 Å². The SMILES string of the molecule is Cc1cc(C(C)(O)CCNC(C)C)cs1. The minimum Gasteiger partial charge on any atom is -0.385 e. The van der Waals surface area contributed by atoms with Crippen LogP contribution in [0.15, 0.2) is 11.4 Å². The molecule has 0 fully saturated rings. The number of rotatable bonds is 5. The molecule has 2 nitrogen and oxygen atoms in total. The predicted molar refractivity (Wildman–Crippen MR) is 66.4 cm³/mol. The van der Waals surface area contributed by atoms with E-state index in [-0.39, 0.29) is 0 Å². The Labute approximate surface area is 96.3 Å². The van der Waals surface area contributed by atoms with Crippen LogP contribution < -0.4 is 5.32 Å². The van der Waals surface area contributed by atoms with Gasteiger partial charge in [-0.05, 0) is 43.8 Å². The molecule has 1 aromatic heterocycles. The highest BCUT2D eigenvalue weighted by molar-refractivity contribution is 7.10. The maximum atomic E-state index is 10.3. The summed E-state index contributed by atoms with van der Waals surface area (Å²) in [5.41, 5.74) is 0.336. The summed E-state index contributed by atoms with van der Waals surface area (Å²) in [6.45, 7) is 9.03. The molecule has 0 aliphatic rings. The van der Waals surface area contributed by atoms with Crippen molar-refractivity contribution in [3.63, 3.8) is 0 Å². The summed E-state index contributed by atoms with van der Waals surface area (Å²) in [5.74, 6) is 0. The van der Waals surface area contributed by atoms with Gasteiger partial charge in [0.15, 0.2) is 0 Å². The van der Waals surface area contributed by atoms with Gasteiger partial charge in [-0.2, -0.15) is 0 Å². The summed E-state index contributed by atoms with van der Waals surface area (Å²) in [6, 6.07) is 2.55. The van der Waals surface area contributed by atoms with Gasteiger partial charge < -0.3 is 10.4 Å². The zero-order valence-electron chi connectivity index (χ0n) is 10.0. The van der Waals surface area contributed by atoms with E-state index < -0.39 is 5.60 Å². The van der Waals surface area contributed by atoms with Gasteiger partial charge in [-0.25, -0.2) is 0 Å². The van der Waals surface area contributed by atoms with Gasteiger partial charge in [0.2, 0.25) is 0 Å². The molecule has 1 unspecified atom stereocenters. The number of aryl methyl sites for hydroxylation is 1. The lowest BCUT2D eigenvalue weighted by Gasteiger charge is -2.23. The lowest BCUT2D eigenvalue weighted by Crippen LogP contribution is -2.30. The van der Waals surface area contributed by atoms with Crippen molar-refractivity contribution in [2.24, 2.45) is 0 Å². The topological polar surface area (TPSA) is 32.3 Å². The largest absolute Gasteiger partial charge is 0.385 e. The standard InChI is InChI=1S/C12H21NOS/c1-9(2)13-6-5-12(4,14)11-7-10(3)15-8-11/h7-9,13-14H,5-6H2,1-4H3. The molecule has 2 N–H and O–H groups in total. The Balaban J connectivity index is 2.51. The van der Waals surface area contributed by atoms with Crippen LogP contribution in [0.2, 0.25) is 0 Å². The molecule has 0 radical (unpaired) electrons. The normalized spacial score (nSPS) is 15.6. The lowest BCUT2D eigenvalue weighted by molar-refractivity contribution is 0.0479. The van der Waals surface area contributed by atoms with Gasteiger partial charge in [0.1, 0.15) is 0 Å². The van der Waals surface area contributed by atoms with Crippen LogP contribution in [-0.4, -0.2) is 17.7 Å². The van der Waals surface area contributed by atoms with E-state index in [1.807, 2.05) is 12.3 Å². The fraction of sp³-hybridized carbons (Fsp3) is 0.667. The molecule has 0 saturated heterocycles. The Bertz CT molecular complexity index is 304. The summed E-state index contributed by atoms with van der Waals surface area (Å²) in [5, 5.41) is 15.6. The van der Waals surface area contributed by atoms with Crippen molar-refractivity contribution < 1.29 is 5.11 Å². The van der Waals surface area contributed by atoms with Crippen LogP contribution in [0.3, 0.4) is 0 Å². The Kier molecular flexibility index (Phi) is 4.32. The summed E-state index contributed by atoms with van der Waals surface area (Å²) >= 11 is 1.69. The van der Waals surface area contributed by atoms with Crippen molar-refractivity contribution in [3.05, 3.63) is 21.9 Å². The molecule has 3 heteroatoms. The maximum absolute atomic E-state index is 10.3. The molecular weight excluding hydrogens is 206 g/mol. The molecule has 1 aromatic rings. The fourth-order valence-electron chi connectivity index (χ4n) is 1.47. The van der Waals surface area contributed by atoms with Crippen LogP contribution in [-0.2, 0) is 5.60 Å². The molecule has 1 atom stereocenters. The van der Waals surface area contributed by atoms with Crippen LogP contribution in [0.25, 0.3) is 0 Å². The quantitative estimate of drug-likeness (QED) is 0.810. The van der Waals surface area contributed by atoms with Gasteiger partial charge in [0.05, 0.1) is 5.60 Å². The lowest BCUT2D eigenvalue weighted by atomic mass is 9.95. The first-order valence-corrected chi connectivity index (χ1v) is 6.31. The number of nitrogens with one attached hydrogen (secondary N) is 1. The van der Waals surface area contributed by atoms with E-state index in [1.165, 1.54) is 4.88 Å². The third-order valence-corrected chi connectivity index (χ3v) is 3.38. The van der Waals surface area contributed by atoms with Gasteiger partial charge in [-0.3, -0.25) is 0 Å². The second-order valence-electron chi connectivity index (χ2n) is 4.58. The highest BCUT2D eigenvalue weighted by Gasteiger charge is 2.23. The molecule has 0 amide bonds. The molecule has 15 heavy (non-hydrogen) atoms. The highest BCUT2D eigenvalue weighted by Crippen LogP contribution is 2.28. The minimum atomic E-state index is -0.702. The van der Waals surface area contributed by atoms with E-state index in [0.29, 0.717) is 6.04 Å². The van der Waals surface area contributed by atoms with Crippen molar-refractivity contribution in [1.82, 2.24) is 5.32 Å². The first-order valence-electron chi connectivity index (χ1n) is 5.43. The zero-order chi connectivity index (χ0) is 11.5. The first-order chi connectivity index (χ1) is 6.92. The molecule has 0 bridgehead atoms. The summed E-state index contributed by atoms with van der Waals surface area (Å²) in [6.07, 6.45) is 0.751.